The van der Waals surface area contributed by atoms with E-state index < -0.39 is 12.0 Å². The van der Waals surface area contributed by atoms with Gasteiger partial charge in [0.15, 0.2) is 0 Å². The number of phenols is 1. The molecule has 0 saturated carbocycles. The molecule has 0 bridgehead atoms. The second-order valence-electron chi connectivity index (χ2n) is 8.24. The zero-order valence-electron chi connectivity index (χ0n) is 19.0. The van der Waals surface area contributed by atoms with Crippen LogP contribution in [0, 0.1) is 5.92 Å². The summed E-state index contributed by atoms with van der Waals surface area (Å²) in [6.45, 7) is 6.58. The maximum absolute atomic E-state index is 13.3. The van der Waals surface area contributed by atoms with Crippen molar-refractivity contribution >= 4 is 12.0 Å². The summed E-state index contributed by atoms with van der Waals surface area (Å²) in [7, 11) is 0. The SMILES string of the molecule is CCCC(CC)COC(=O)C1=C(C)NC(=O)N(Cc2ccccc2)C1c1cccc(O)c1. The Morgan fingerprint density at radius 1 is 1.16 bits per heavy atom. The number of hydrogen-bond donors (Lipinski definition) is 2. The van der Waals surface area contributed by atoms with Crippen molar-refractivity contribution in [3.8, 4) is 5.75 Å². The maximum atomic E-state index is 13.3. The molecule has 170 valence electrons. The number of nitrogens with zero attached hydrogens (tertiary/aromatic N) is 1. The van der Waals surface area contributed by atoms with Gasteiger partial charge in [0.2, 0.25) is 0 Å². The van der Waals surface area contributed by atoms with E-state index in [9.17, 15) is 14.7 Å². The number of amides is 2. The first-order valence-corrected chi connectivity index (χ1v) is 11.2. The van der Waals surface area contributed by atoms with Crippen LogP contribution in [-0.4, -0.2) is 28.6 Å². The molecule has 1 aliphatic heterocycles. The molecule has 0 aliphatic carbocycles. The highest BCUT2D eigenvalue weighted by atomic mass is 16.5. The molecule has 0 spiro atoms. The van der Waals surface area contributed by atoms with Gasteiger partial charge in [-0.1, -0.05) is 69.2 Å². The third-order valence-electron chi connectivity index (χ3n) is 5.87. The van der Waals surface area contributed by atoms with Crippen LogP contribution in [0.5, 0.6) is 5.75 Å². The van der Waals surface area contributed by atoms with Crippen LogP contribution < -0.4 is 5.32 Å². The smallest absolute Gasteiger partial charge is 0.338 e. The number of esters is 1. The number of phenolic OH excluding ortho intramolecular Hbond substituents is 1. The van der Waals surface area contributed by atoms with Gasteiger partial charge in [-0.15, -0.1) is 0 Å². The molecule has 32 heavy (non-hydrogen) atoms. The summed E-state index contributed by atoms with van der Waals surface area (Å²) < 4.78 is 5.74. The lowest BCUT2D eigenvalue weighted by Gasteiger charge is -2.38. The molecule has 0 radical (unpaired) electrons. The quantitative estimate of drug-likeness (QED) is 0.523. The van der Waals surface area contributed by atoms with Crippen molar-refractivity contribution in [1.29, 1.82) is 0 Å². The second kappa shape index (κ2) is 10.8. The number of carbonyl (C=O) groups excluding carboxylic acids is 2. The van der Waals surface area contributed by atoms with Crippen LogP contribution in [-0.2, 0) is 16.1 Å². The molecular weight excluding hydrogens is 404 g/mol. The average Bonchev–Trinajstić information content (AvgIpc) is 2.78. The molecule has 0 fully saturated rings. The summed E-state index contributed by atoms with van der Waals surface area (Å²) in [4.78, 5) is 27.9. The monoisotopic (exact) mass is 436 g/mol. The van der Waals surface area contributed by atoms with Gasteiger partial charge in [0.1, 0.15) is 5.75 Å². The Morgan fingerprint density at radius 3 is 2.56 bits per heavy atom. The summed E-state index contributed by atoms with van der Waals surface area (Å²) in [5.41, 5.74) is 2.45. The summed E-state index contributed by atoms with van der Waals surface area (Å²) in [6.07, 6.45) is 2.96. The van der Waals surface area contributed by atoms with E-state index in [1.165, 1.54) is 0 Å². The van der Waals surface area contributed by atoms with Crippen LogP contribution in [0.3, 0.4) is 0 Å². The van der Waals surface area contributed by atoms with Crippen LogP contribution in [0.15, 0.2) is 65.9 Å². The fourth-order valence-electron chi connectivity index (χ4n) is 4.11. The number of carbonyl (C=O) groups is 2. The van der Waals surface area contributed by atoms with Crippen LogP contribution in [0.25, 0.3) is 0 Å². The van der Waals surface area contributed by atoms with Gasteiger partial charge >= 0.3 is 12.0 Å². The molecule has 6 nitrogen and oxygen atoms in total. The minimum Gasteiger partial charge on any atom is -0.508 e. The third kappa shape index (κ3) is 5.49. The molecule has 2 aromatic rings. The molecule has 2 aromatic carbocycles. The first-order chi connectivity index (χ1) is 15.4. The molecule has 1 heterocycles. The molecule has 6 heteroatoms. The van der Waals surface area contributed by atoms with Gasteiger partial charge in [-0.25, -0.2) is 9.59 Å². The number of nitrogens with one attached hydrogen (secondary N) is 1. The average molecular weight is 437 g/mol. The van der Waals surface area contributed by atoms with E-state index >= 15 is 0 Å². The predicted molar refractivity (Wildman–Crippen MR) is 124 cm³/mol. The van der Waals surface area contributed by atoms with Gasteiger partial charge in [-0.2, -0.15) is 0 Å². The number of ether oxygens (including phenoxy) is 1. The van der Waals surface area contributed by atoms with E-state index in [0.29, 0.717) is 35.9 Å². The zero-order valence-corrected chi connectivity index (χ0v) is 19.0. The van der Waals surface area contributed by atoms with E-state index in [1.807, 2.05) is 36.4 Å². The third-order valence-corrected chi connectivity index (χ3v) is 5.87. The topological polar surface area (TPSA) is 78.9 Å². The van der Waals surface area contributed by atoms with Crippen LogP contribution in [0.4, 0.5) is 4.79 Å². The Kier molecular flexibility index (Phi) is 7.92. The Balaban J connectivity index is 1.97. The summed E-state index contributed by atoms with van der Waals surface area (Å²) in [5, 5.41) is 12.9. The highest BCUT2D eigenvalue weighted by Gasteiger charge is 2.38. The fraction of sp³-hybridized carbons (Fsp3) is 0.385. The van der Waals surface area contributed by atoms with Crippen LogP contribution in [0.1, 0.15) is 57.2 Å². The Bertz CT molecular complexity index is 971. The van der Waals surface area contributed by atoms with Gasteiger partial charge in [0.05, 0.1) is 18.2 Å². The van der Waals surface area contributed by atoms with Gasteiger partial charge in [-0.05, 0) is 42.5 Å². The molecular formula is C26H32N2O4. The molecule has 2 N–H and O–H groups in total. The van der Waals surface area contributed by atoms with E-state index in [2.05, 4.69) is 19.2 Å². The van der Waals surface area contributed by atoms with Crippen LogP contribution in [0.2, 0.25) is 0 Å². The number of allylic oxidation sites excluding steroid dienone is 1. The summed E-state index contributed by atoms with van der Waals surface area (Å²) in [6, 6.07) is 15.3. The fourth-order valence-corrected chi connectivity index (χ4v) is 4.11. The lowest BCUT2D eigenvalue weighted by atomic mass is 9.93. The molecule has 0 aromatic heterocycles. The first-order valence-electron chi connectivity index (χ1n) is 11.2. The van der Waals surface area contributed by atoms with Gasteiger partial charge in [0.25, 0.3) is 0 Å². The Morgan fingerprint density at radius 2 is 1.91 bits per heavy atom. The number of urea groups is 1. The van der Waals surface area contributed by atoms with Crippen molar-refractivity contribution in [2.75, 3.05) is 6.61 Å². The molecule has 0 saturated heterocycles. The summed E-state index contributed by atoms with van der Waals surface area (Å²) in [5.74, 6) is -0.0568. The van der Waals surface area contributed by atoms with Crippen molar-refractivity contribution in [2.45, 2.75) is 52.6 Å². The highest BCUT2D eigenvalue weighted by molar-refractivity contribution is 5.95. The summed E-state index contributed by atoms with van der Waals surface area (Å²) >= 11 is 0. The molecule has 3 rings (SSSR count). The minimum atomic E-state index is -0.671. The highest BCUT2D eigenvalue weighted by Crippen LogP contribution is 2.36. The molecule has 1 aliphatic rings. The predicted octanol–water partition coefficient (Wildman–Crippen LogP) is 5.30. The van der Waals surface area contributed by atoms with Gasteiger partial charge in [0, 0.05) is 12.2 Å². The van der Waals surface area contributed by atoms with Crippen molar-refractivity contribution in [3.63, 3.8) is 0 Å². The number of hydrogen-bond acceptors (Lipinski definition) is 4. The van der Waals surface area contributed by atoms with Gasteiger partial charge < -0.3 is 20.1 Å². The van der Waals surface area contributed by atoms with E-state index in [4.69, 9.17) is 4.74 Å². The Labute approximate surface area is 189 Å². The van der Waals surface area contributed by atoms with Crippen molar-refractivity contribution in [3.05, 3.63) is 77.0 Å². The maximum Gasteiger partial charge on any atom is 0.338 e. The number of rotatable bonds is 9. The first kappa shape index (κ1) is 23.4. The largest absolute Gasteiger partial charge is 0.508 e. The lowest BCUT2D eigenvalue weighted by molar-refractivity contribution is -0.141. The molecule has 2 atom stereocenters. The lowest BCUT2D eigenvalue weighted by Crippen LogP contribution is -2.48. The van der Waals surface area contributed by atoms with E-state index in [0.717, 1.165) is 24.8 Å². The van der Waals surface area contributed by atoms with E-state index in [1.54, 1.807) is 30.0 Å². The second-order valence-corrected chi connectivity index (χ2v) is 8.24. The molecule has 2 unspecified atom stereocenters. The van der Waals surface area contributed by atoms with E-state index in [-0.39, 0.29) is 11.8 Å². The molecule has 2 amide bonds. The zero-order chi connectivity index (χ0) is 23.1. The van der Waals surface area contributed by atoms with Crippen LogP contribution >= 0.6 is 0 Å². The van der Waals surface area contributed by atoms with Gasteiger partial charge in [-0.3, -0.25) is 0 Å². The normalized spacial score (nSPS) is 17.2. The standard InChI is InChI=1S/C26H32N2O4/c1-4-10-19(5-2)17-32-25(30)23-18(3)27-26(31)28(16-20-11-7-6-8-12-20)24(23)21-13-9-14-22(29)15-21/h6-9,11-15,19,24,29H,4-5,10,16-17H2,1-3H3,(H,27,31). The number of benzene rings is 2. The Hall–Kier alpha value is -3.28. The van der Waals surface area contributed by atoms with Crippen molar-refractivity contribution in [1.82, 2.24) is 10.2 Å². The minimum absolute atomic E-state index is 0.0764. The van der Waals surface area contributed by atoms with Crippen molar-refractivity contribution in [2.24, 2.45) is 5.92 Å². The number of aromatic hydroxyl groups is 1. The van der Waals surface area contributed by atoms with Crippen molar-refractivity contribution < 1.29 is 19.4 Å².